The molecule has 0 bridgehead atoms. The van der Waals surface area contributed by atoms with Crippen molar-refractivity contribution in [3.05, 3.63) is 28.2 Å². The second-order valence-electron chi connectivity index (χ2n) is 8.76. The number of thiocarbonyl (C=S) groups is 1. The van der Waals surface area contributed by atoms with E-state index in [1.807, 2.05) is 0 Å². The van der Waals surface area contributed by atoms with Crippen LogP contribution in [0.5, 0.6) is 0 Å². The van der Waals surface area contributed by atoms with Crippen molar-refractivity contribution in [2.45, 2.75) is 107 Å². The summed E-state index contributed by atoms with van der Waals surface area (Å²) in [5.41, 5.74) is 0.498. The van der Waals surface area contributed by atoms with Gasteiger partial charge in [0.05, 0.1) is 10.7 Å². The van der Waals surface area contributed by atoms with Crippen molar-refractivity contribution in [1.82, 2.24) is 10.6 Å². The van der Waals surface area contributed by atoms with Crippen LogP contribution in [-0.4, -0.2) is 21.0 Å². The minimum Gasteiger partial charge on any atom is -0.339 e. The molecule has 0 aliphatic heterocycles. The molecule has 10 heteroatoms. The average Bonchev–Trinajstić information content (AvgIpc) is 2.78. The number of hydrogen-bond acceptors (Lipinski definition) is 2. The van der Waals surface area contributed by atoms with Gasteiger partial charge in [0.25, 0.3) is 0 Å². The first-order chi connectivity index (χ1) is 16.6. The molecule has 1 aromatic rings. The highest BCUT2D eigenvalue weighted by atomic mass is 35.6. The highest BCUT2D eigenvalue weighted by Gasteiger charge is 2.34. The summed E-state index contributed by atoms with van der Waals surface area (Å²) < 4.78 is -1.81. The molecule has 1 atom stereocenters. The Morgan fingerprint density at radius 2 is 1.37 bits per heavy atom. The van der Waals surface area contributed by atoms with E-state index in [-0.39, 0.29) is 11.0 Å². The quantitative estimate of drug-likeness (QED) is 0.0716. The number of hydrogen-bond donors (Lipinski definition) is 3. The monoisotopic (exact) mass is 603 g/mol. The summed E-state index contributed by atoms with van der Waals surface area (Å²) in [6.45, 7) is 2.25. The molecule has 1 amide bonds. The van der Waals surface area contributed by atoms with Crippen LogP contribution in [0.1, 0.15) is 96.8 Å². The number of anilines is 1. The number of alkyl halides is 3. The largest absolute Gasteiger partial charge is 0.339 e. The molecule has 0 aromatic heterocycles. The van der Waals surface area contributed by atoms with Gasteiger partial charge in [-0.3, -0.25) is 4.79 Å². The Balaban J connectivity index is 2.23. The fourth-order valence-corrected chi connectivity index (χ4v) is 4.51. The van der Waals surface area contributed by atoms with E-state index in [0.29, 0.717) is 22.2 Å². The SMILES string of the molecule is CCCCCCCCCCCCCCCC(=O)N[C@@H](NC(=S)Nc1cc(Cl)ccc1Cl)C(Cl)(Cl)Cl. The molecule has 3 N–H and O–H groups in total. The maximum Gasteiger partial charge on any atom is 0.228 e. The number of carbonyl (C=O) groups is 1. The predicted molar refractivity (Wildman–Crippen MR) is 158 cm³/mol. The molecule has 200 valence electrons. The van der Waals surface area contributed by atoms with Crippen LogP contribution in [0.25, 0.3) is 0 Å². The summed E-state index contributed by atoms with van der Waals surface area (Å²) in [6.07, 6.45) is 15.5. The predicted octanol–water partition coefficient (Wildman–Crippen LogP) is 9.57. The molecule has 0 aliphatic carbocycles. The Morgan fingerprint density at radius 1 is 0.857 bits per heavy atom. The zero-order valence-corrected chi connectivity index (χ0v) is 25.0. The second-order valence-corrected chi connectivity index (χ2v) is 12.4. The van der Waals surface area contributed by atoms with E-state index in [0.717, 1.165) is 19.3 Å². The molecule has 1 rings (SSSR count). The first kappa shape index (κ1) is 32.9. The van der Waals surface area contributed by atoms with E-state index in [4.69, 9.17) is 70.2 Å². The van der Waals surface area contributed by atoms with E-state index >= 15 is 0 Å². The Bertz CT molecular complexity index is 761. The Kier molecular flexibility index (Phi) is 17.8. The number of benzene rings is 1. The third-order valence-corrected chi connectivity index (χ3v) is 7.03. The molecule has 0 saturated heterocycles. The van der Waals surface area contributed by atoms with Gasteiger partial charge in [-0.15, -0.1) is 0 Å². The van der Waals surface area contributed by atoms with Gasteiger partial charge in [0.1, 0.15) is 6.17 Å². The Morgan fingerprint density at radius 3 is 1.89 bits per heavy atom. The lowest BCUT2D eigenvalue weighted by Gasteiger charge is -2.28. The van der Waals surface area contributed by atoms with E-state index < -0.39 is 9.96 Å². The summed E-state index contributed by atoms with van der Waals surface area (Å²) in [7, 11) is 0. The number of carbonyl (C=O) groups excluding carboxylic acids is 1. The average molecular weight is 606 g/mol. The first-order valence-electron chi connectivity index (χ1n) is 12.5. The molecular formula is C25H38Cl5N3OS. The van der Waals surface area contributed by atoms with Gasteiger partial charge >= 0.3 is 0 Å². The number of amides is 1. The third-order valence-electron chi connectivity index (χ3n) is 5.59. The highest BCUT2D eigenvalue weighted by Crippen LogP contribution is 2.30. The second kappa shape index (κ2) is 19.0. The first-order valence-corrected chi connectivity index (χ1v) is 14.8. The van der Waals surface area contributed by atoms with Gasteiger partial charge in [-0.2, -0.15) is 0 Å². The summed E-state index contributed by atoms with van der Waals surface area (Å²) in [5, 5.41) is 9.48. The lowest BCUT2D eigenvalue weighted by atomic mass is 10.0. The van der Waals surface area contributed by atoms with Crippen molar-refractivity contribution in [3.63, 3.8) is 0 Å². The molecule has 0 spiro atoms. The van der Waals surface area contributed by atoms with Gasteiger partial charge in [-0.1, -0.05) is 142 Å². The fraction of sp³-hybridized carbons (Fsp3) is 0.680. The molecule has 0 aliphatic rings. The fourth-order valence-electron chi connectivity index (χ4n) is 3.62. The van der Waals surface area contributed by atoms with E-state index in [2.05, 4.69) is 22.9 Å². The molecule has 0 unspecified atom stereocenters. The summed E-state index contributed by atoms with van der Waals surface area (Å²) >= 11 is 35.6. The summed E-state index contributed by atoms with van der Waals surface area (Å²) in [5.74, 6) is -0.208. The smallest absolute Gasteiger partial charge is 0.228 e. The summed E-state index contributed by atoms with van der Waals surface area (Å²) in [4.78, 5) is 12.4. The minimum absolute atomic E-state index is 0.131. The van der Waals surface area contributed by atoms with E-state index in [1.54, 1.807) is 18.2 Å². The van der Waals surface area contributed by atoms with Gasteiger partial charge in [0.2, 0.25) is 9.70 Å². The minimum atomic E-state index is -1.81. The standard InChI is InChI=1S/C25H38Cl5N3OS/c1-2-3-4-5-6-7-8-9-10-11-12-13-14-15-22(34)32-23(25(28,29)30)33-24(35)31-21-18-19(26)16-17-20(21)27/h16-18,23H,2-15H2,1H3,(H,32,34)(H2,31,33,35)/t23-/m0/s1. The molecule has 0 fully saturated rings. The number of rotatable bonds is 17. The van der Waals surface area contributed by atoms with E-state index in [9.17, 15) is 4.79 Å². The molecule has 0 radical (unpaired) electrons. The normalized spacial score (nSPS) is 12.3. The highest BCUT2D eigenvalue weighted by molar-refractivity contribution is 7.80. The third kappa shape index (κ3) is 16.3. The zero-order chi connectivity index (χ0) is 26.1. The maximum atomic E-state index is 12.4. The van der Waals surface area contributed by atoms with Crippen molar-refractivity contribution >= 4 is 86.9 Å². The Hall–Kier alpha value is -0.170. The topological polar surface area (TPSA) is 53.2 Å². The van der Waals surface area contributed by atoms with Gasteiger partial charge in [-0.25, -0.2) is 0 Å². The van der Waals surface area contributed by atoms with Crippen LogP contribution in [0.3, 0.4) is 0 Å². The Labute approximate surface area is 241 Å². The van der Waals surface area contributed by atoms with Crippen LogP contribution in [0, 0.1) is 0 Å². The van der Waals surface area contributed by atoms with Crippen molar-refractivity contribution in [2.24, 2.45) is 0 Å². The lowest BCUT2D eigenvalue weighted by Crippen LogP contribution is -2.56. The molecule has 1 aromatic carbocycles. The van der Waals surface area contributed by atoms with E-state index in [1.165, 1.54) is 64.2 Å². The number of halogens is 5. The van der Waals surface area contributed by atoms with Crippen LogP contribution >= 0.6 is 70.2 Å². The number of unbranched alkanes of at least 4 members (excludes halogenated alkanes) is 12. The molecule has 4 nitrogen and oxygen atoms in total. The van der Waals surface area contributed by atoms with Crippen LogP contribution in [0.15, 0.2) is 18.2 Å². The van der Waals surface area contributed by atoms with Crippen LogP contribution in [-0.2, 0) is 4.79 Å². The van der Waals surface area contributed by atoms with Gasteiger partial charge in [-0.05, 0) is 36.8 Å². The zero-order valence-electron chi connectivity index (χ0n) is 20.4. The van der Waals surface area contributed by atoms with Crippen LogP contribution < -0.4 is 16.0 Å². The van der Waals surface area contributed by atoms with Crippen molar-refractivity contribution in [3.8, 4) is 0 Å². The van der Waals surface area contributed by atoms with Gasteiger partial charge in [0, 0.05) is 11.4 Å². The molecule has 0 saturated carbocycles. The van der Waals surface area contributed by atoms with Crippen molar-refractivity contribution < 1.29 is 4.79 Å². The van der Waals surface area contributed by atoms with Gasteiger partial charge in [0.15, 0.2) is 5.11 Å². The van der Waals surface area contributed by atoms with Crippen molar-refractivity contribution in [2.75, 3.05) is 5.32 Å². The molecular weight excluding hydrogens is 568 g/mol. The van der Waals surface area contributed by atoms with Crippen LogP contribution in [0.4, 0.5) is 5.69 Å². The van der Waals surface area contributed by atoms with Crippen molar-refractivity contribution in [1.29, 1.82) is 0 Å². The lowest BCUT2D eigenvalue weighted by molar-refractivity contribution is -0.122. The molecule has 35 heavy (non-hydrogen) atoms. The van der Waals surface area contributed by atoms with Gasteiger partial charge < -0.3 is 16.0 Å². The molecule has 0 heterocycles. The summed E-state index contributed by atoms with van der Waals surface area (Å²) in [6, 6.07) is 4.92. The maximum absolute atomic E-state index is 12.4. The number of nitrogens with one attached hydrogen (secondary N) is 3. The van der Waals surface area contributed by atoms with Crippen LogP contribution in [0.2, 0.25) is 10.0 Å².